The molecular weight excluding hydrogens is 542 g/mol. The number of rotatable bonds is 11. The van der Waals surface area contributed by atoms with Crippen LogP contribution < -0.4 is 14.8 Å². The van der Waals surface area contributed by atoms with Gasteiger partial charge in [0.1, 0.15) is 36.3 Å². The Morgan fingerprint density at radius 1 is 1.12 bits per heavy atom. The summed E-state index contributed by atoms with van der Waals surface area (Å²) < 4.78 is 12.6. The molecule has 1 aromatic heterocycles. The van der Waals surface area contributed by atoms with Gasteiger partial charge in [0.05, 0.1) is 17.2 Å². The van der Waals surface area contributed by atoms with Crippen molar-refractivity contribution in [2.75, 3.05) is 6.61 Å². The number of carboxylic acids is 1. The number of halogens is 1. The quantitative estimate of drug-likeness (QED) is 0.218. The third-order valence-corrected chi connectivity index (χ3v) is 7.32. The lowest BCUT2D eigenvalue weighted by Crippen LogP contribution is -2.39. The molecule has 1 aliphatic rings. The summed E-state index contributed by atoms with van der Waals surface area (Å²) in [5.41, 5.74) is 6.41. The van der Waals surface area contributed by atoms with Crippen LogP contribution in [-0.4, -0.2) is 33.8 Å². The van der Waals surface area contributed by atoms with Crippen molar-refractivity contribution >= 4 is 17.6 Å². The van der Waals surface area contributed by atoms with E-state index in [1.807, 2.05) is 24.3 Å². The largest absolute Gasteiger partial charge is 0.488 e. The molecule has 0 spiro atoms. The second-order valence-corrected chi connectivity index (χ2v) is 10.1. The predicted molar refractivity (Wildman–Crippen MR) is 154 cm³/mol. The smallest absolute Gasteiger partial charge is 0.323 e. The van der Waals surface area contributed by atoms with Crippen molar-refractivity contribution in [3.8, 4) is 28.7 Å². The molecule has 8 nitrogen and oxygen atoms in total. The summed E-state index contributed by atoms with van der Waals surface area (Å²) in [4.78, 5) is 15.5. The van der Waals surface area contributed by atoms with Crippen LogP contribution in [0.2, 0.25) is 5.02 Å². The number of aliphatic carboxylic acids is 1. The van der Waals surface area contributed by atoms with Gasteiger partial charge in [-0.25, -0.2) is 0 Å². The van der Waals surface area contributed by atoms with Gasteiger partial charge in [0, 0.05) is 36.1 Å². The molecule has 3 aromatic carbocycles. The van der Waals surface area contributed by atoms with Gasteiger partial charge in [0.15, 0.2) is 0 Å². The maximum absolute atomic E-state index is 11.4. The number of hydrogen-bond acceptors (Lipinski definition) is 7. The normalized spacial score (nSPS) is 14.6. The van der Waals surface area contributed by atoms with Crippen molar-refractivity contribution in [1.29, 1.82) is 5.26 Å². The Balaban J connectivity index is 1.42. The first-order valence-electron chi connectivity index (χ1n) is 13.2. The van der Waals surface area contributed by atoms with Crippen molar-refractivity contribution in [1.82, 2.24) is 10.3 Å². The highest BCUT2D eigenvalue weighted by Crippen LogP contribution is 2.42. The molecule has 1 aliphatic carbocycles. The standard InChI is InChI=1S/C32H28ClN3O5/c33-27-12-23(17-36-28(18-37)32(38)39)30(40-19-21-11-20(14-34)15-35-16-21)13-31(27)41-29-10-9-25-24(7-4-8-26(25)29)22-5-2-1-3-6-22/h1-8,11-13,15-16,28-29,36-37H,9-10,17-19H2,(H,38,39)/t28-,29?/m0/s1. The van der Waals surface area contributed by atoms with E-state index in [2.05, 4.69) is 40.6 Å². The fraction of sp³-hybridized carbons (Fsp3) is 0.219. The minimum absolute atomic E-state index is 0.0794. The summed E-state index contributed by atoms with van der Waals surface area (Å²) >= 11 is 6.68. The van der Waals surface area contributed by atoms with E-state index in [0.29, 0.717) is 33.2 Å². The molecule has 0 fully saturated rings. The van der Waals surface area contributed by atoms with Crippen LogP contribution in [0, 0.1) is 11.3 Å². The zero-order chi connectivity index (χ0) is 28.8. The monoisotopic (exact) mass is 569 g/mol. The lowest BCUT2D eigenvalue weighted by Gasteiger charge is -2.20. The Bertz CT molecular complexity index is 1590. The highest BCUT2D eigenvalue weighted by Gasteiger charge is 2.28. The van der Waals surface area contributed by atoms with Crippen molar-refractivity contribution < 1.29 is 24.5 Å². The molecule has 5 rings (SSSR count). The number of nitrogens with zero attached hydrogens (tertiary/aromatic N) is 2. The van der Waals surface area contributed by atoms with E-state index in [4.69, 9.17) is 21.1 Å². The number of fused-ring (bicyclic) bond motifs is 1. The molecule has 4 aromatic rings. The maximum Gasteiger partial charge on any atom is 0.323 e. The predicted octanol–water partition coefficient (Wildman–Crippen LogP) is 5.45. The van der Waals surface area contributed by atoms with Crippen LogP contribution in [0.25, 0.3) is 11.1 Å². The van der Waals surface area contributed by atoms with Gasteiger partial charge in [-0.1, -0.05) is 60.1 Å². The molecule has 0 aliphatic heterocycles. The summed E-state index contributed by atoms with van der Waals surface area (Å²) in [6, 6.07) is 22.5. The Morgan fingerprint density at radius 3 is 2.71 bits per heavy atom. The third kappa shape index (κ3) is 6.50. The van der Waals surface area contributed by atoms with E-state index in [-0.39, 0.29) is 19.3 Å². The van der Waals surface area contributed by atoms with Crippen LogP contribution in [-0.2, 0) is 24.4 Å². The van der Waals surface area contributed by atoms with Crippen LogP contribution in [0.5, 0.6) is 11.5 Å². The number of hydrogen-bond donors (Lipinski definition) is 3. The van der Waals surface area contributed by atoms with Crippen molar-refractivity contribution in [2.24, 2.45) is 0 Å². The van der Waals surface area contributed by atoms with E-state index in [0.717, 1.165) is 24.0 Å². The highest BCUT2D eigenvalue weighted by molar-refractivity contribution is 6.32. The molecule has 41 heavy (non-hydrogen) atoms. The minimum Gasteiger partial charge on any atom is -0.488 e. The second kappa shape index (κ2) is 12.8. The molecule has 1 unspecified atom stereocenters. The molecule has 0 saturated carbocycles. The maximum atomic E-state index is 11.4. The first kappa shape index (κ1) is 28.1. The van der Waals surface area contributed by atoms with Crippen LogP contribution >= 0.6 is 11.6 Å². The first-order chi connectivity index (χ1) is 20.0. The van der Waals surface area contributed by atoms with Crippen molar-refractivity contribution in [3.05, 3.63) is 112 Å². The number of aromatic nitrogens is 1. The number of benzene rings is 3. The van der Waals surface area contributed by atoms with Crippen LogP contribution in [0.15, 0.2) is 79.1 Å². The van der Waals surface area contributed by atoms with Gasteiger partial charge in [0.25, 0.3) is 0 Å². The molecule has 0 amide bonds. The van der Waals surface area contributed by atoms with E-state index in [1.165, 1.54) is 17.3 Å². The van der Waals surface area contributed by atoms with Crippen LogP contribution in [0.1, 0.15) is 40.3 Å². The van der Waals surface area contributed by atoms with E-state index in [1.54, 1.807) is 24.4 Å². The summed E-state index contributed by atoms with van der Waals surface area (Å²) in [5, 5.41) is 31.1. The lowest BCUT2D eigenvalue weighted by atomic mass is 9.97. The number of carboxylic acid groups (broad SMARTS) is 1. The van der Waals surface area contributed by atoms with Crippen LogP contribution in [0.4, 0.5) is 0 Å². The highest BCUT2D eigenvalue weighted by atomic mass is 35.5. The zero-order valence-corrected chi connectivity index (χ0v) is 22.8. The van der Waals surface area contributed by atoms with Crippen molar-refractivity contribution in [2.45, 2.75) is 38.1 Å². The fourth-order valence-corrected chi connectivity index (χ4v) is 5.20. The SMILES string of the molecule is N#Cc1cncc(COc2cc(OC3CCc4c(-c5ccccc5)cccc43)c(Cl)cc2CN[C@@H](CO)C(=O)O)c1. The fourth-order valence-electron chi connectivity index (χ4n) is 4.97. The van der Waals surface area contributed by atoms with Gasteiger partial charge >= 0.3 is 5.97 Å². The molecule has 0 saturated heterocycles. The van der Waals surface area contributed by atoms with Crippen molar-refractivity contribution in [3.63, 3.8) is 0 Å². The van der Waals surface area contributed by atoms with E-state index >= 15 is 0 Å². The van der Waals surface area contributed by atoms with E-state index < -0.39 is 18.6 Å². The summed E-state index contributed by atoms with van der Waals surface area (Å²) in [6.45, 7) is -0.374. The number of aliphatic hydroxyl groups is 1. The Labute approximate surface area is 242 Å². The zero-order valence-electron chi connectivity index (χ0n) is 22.1. The molecule has 9 heteroatoms. The second-order valence-electron chi connectivity index (χ2n) is 9.71. The lowest BCUT2D eigenvalue weighted by molar-refractivity contribution is -0.140. The number of ether oxygens (including phenoxy) is 2. The first-order valence-corrected chi connectivity index (χ1v) is 13.5. The minimum atomic E-state index is -1.17. The number of aliphatic hydroxyl groups excluding tert-OH is 1. The third-order valence-electron chi connectivity index (χ3n) is 7.02. The number of nitrogens with one attached hydrogen (secondary N) is 1. The summed E-state index contributed by atoms with van der Waals surface area (Å²) in [5.74, 6) is -0.304. The van der Waals surface area contributed by atoms with Gasteiger partial charge in [-0.3, -0.25) is 15.1 Å². The van der Waals surface area contributed by atoms with Gasteiger partial charge in [-0.05, 0) is 47.2 Å². The Morgan fingerprint density at radius 2 is 1.95 bits per heavy atom. The Kier molecular flexibility index (Phi) is 8.80. The summed E-state index contributed by atoms with van der Waals surface area (Å²) in [6.07, 6.45) is 4.53. The van der Waals surface area contributed by atoms with Gasteiger partial charge in [-0.2, -0.15) is 5.26 Å². The average molecular weight is 570 g/mol. The number of carbonyl (C=O) groups is 1. The van der Waals surface area contributed by atoms with Gasteiger partial charge < -0.3 is 19.7 Å². The summed E-state index contributed by atoms with van der Waals surface area (Å²) in [7, 11) is 0. The average Bonchev–Trinajstić information content (AvgIpc) is 3.41. The Hall–Kier alpha value is -4.42. The molecule has 3 N–H and O–H groups in total. The molecule has 0 radical (unpaired) electrons. The number of pyridine rings is 1. The topological polar surface area (TPSA) is 125 Å². The molecule has 1 heterocycles. The van der Waals surface area contributed by atoms with Gasteiger partial charge in [-0.15, -0.1) is 0 Å². The number of nitriles is 1. The molecule has 0 bridgehead atoms. The van der Waals surface area contributed by atoms with Crippen LogP contribution in [0.3, 0.4) is 0 Å². The molecular formula is C32H28ClN3O5. The molecule has 2 atom stereocenters. The van der Waals surface area contributed by atoms with Gasteiger partial charge in [0.2, 0.25) is 0 Å². The van der Waals surface area contributed by atoms with E-state index in [9.17, 15) is 20.3 Å². The molecule has 208 valence electrons.